The van der Waals surface area contributed by atoms with Crippen LogP contribution in [-0.2, 0) is 4.79 Å². The molecule has 1 aromatic carbocycles. The quantitative estimate of drug-likeness (QED) is 0.808. The van der Waals surface area contributed by atoms with Crippen molar-refractivity contribution in [2.24, 2.45) is 5.73 Å². The van der Waals surface area contributed by atoms with E-state index in [9.17, 15) is 4.79 Å². The van der Waals surface area contributed by atoms with Crippen LogP contribution in [0.1, 0.15) is 18.5 Å². The molecular weight excluding hydrogens is 272 g/mol. The summed E-state index contributed by atoms with van der Waals surface area (Å²) in [7, 11) is 0. The molecular formula is C14H16N4OS. The molecule has 0 spiro atoms. The number of rotatable bonds is 4. The van der Waals surface area contributed by atoms with Crippen molar-refractivity contribution >= 4 is 33.8 Å². The Hall–Kier alpha value is -1.92. The van der Waals surface area contributed by atoms with Crippen molar-refractivity contribution in [3.05, 3.63) is 35.3 Å². The minimum absolute atomic E-state index is 0.103. The van der Waals surface area contributed by atoms with Crippen LogP contribution in [0.4, 0.5) is 16.5 Å². The number of anilines is 3. The molecule has 1 fully saturated rings. The van der Waals surface area contributed by atoms with Crippen molar-refractivity contribution in [1.82, 2.24) is 4.98 Å². The number of thiazole rings is 1. The summed E-state index contributed by atoms with van der Waals surface area (Å²) >= 11 is 1.56. The Morgan fingerprint density at radius 3 is 2.50 bits per heavy atom. The molecule has 0 bridgehead atoms. The molecule has 1 heterocycles. The first kappa shape index (κ1) is 13.1. The highest BCUT2D eigenvalue weighted by molar-refractivity contribution is 7.13. The molecule has 2 aromatic rings. The number of aryl methyl sites for hydroxylation is 1. The van der Waals surface area contributed by atoms with Gasteiger partial charge in [0.2, 0.25) is 5.91 Å². The molecule has 1 aromatic heterocycles. The van der Waals surface area contributed by atoms with Gasteiger partial charge < -0.3 is 16.4 Å². The van der Waals surface area contributed by atoms with Gasteiger partial charge in [0.15, 0.2) is 5.13 Å². The molecule has 1 aliphatic carbocycles. The molecule has 1 saturated carbocycles. The third kappa shape index (κ3) is 2.81. The maximum Gasteiger partial charge on any atom is 0.244 e. The van der Waals surface area contributed by atoms with Crippen LogP contribution in [0.2, 0.25) is 0 Å². The molecule has 0 saturated heterocycles. The second-order valence-electron chi connectivity index (χ2n) is 5.11. The maximum absolute atomic E-state index is 11.8. The normalized spacial score (nSPS) is 15.7. The summed E-state index contributed by atoms with van der Waals surface area (Å²) in [6.07, 6.45) is 1.53. The second kappa shape index (κ2) is 4.88. The molecule has 0 atom stereocenters. The number of nitrogens with zero attached hydrogens (tertiary/aromatic N) is 1. The van der Waals surface area contributed by atoms with E-state index in [0.717, 1.165) is 35.0 Å². The molecule has 1 amide bonds. The largest absolute Gasteiger partial charge is 0.332 e. The fraction of sp³-hybridized carbons (Fsp3) is 0.286. The van der Waals surface area contributed by atoms with Crippen LogP contribution in [-0.4, -0.2) is 16.4 Å². The van der Waals surface area contributed by atoms with Crippen LogP contribution >= 0.6 is 11.3 Å². The Kier molecular flexibility index (Phi) is 3.19. The van der Waals surface area contributed by atoms with Crippen LogP contribution in [0.25, 0.3) is 0 Å². The zero-order chi connectivity index (χ0) is 14.2. The van der Waals surface area contributed by atoms with Gasteiger partial charge in [0.05, 0.1) is 11.2 Å². The molecule has 4 N–H and O–H groups in total. The minimum Gasteiger partial charge on any atom is -0.332 e. The number of hydrogen-bond donors (Lipinski definition) is 3. The number of nitrogens with two attached hydrogens (primary N) is 1. The second-order valence-corrected chi connectivity index (χ2v) is 5.96. The predicted octanol–water partition coefficient (Wildman–Crippen LogP) is 2.62. The van der Waals surface area contributed by atoms with Gasteiger partial charge in [0.25, 0.3) is 0 Å². The lowest BCUT2D eigenvalue weighted by molar-refractivity contribution is -0.118. The summed E-state index contributed by atoms with van der Waals surface area (Å²) in [6, 6.07) is 7.52. The molecule has 3 rings (SSSR count). The summed E-state index contributed by atoms with van der Waals surface area (Å²) in [5, 5.41) is 8.91. The van der Waals surface area contributed by atoms with Gasteiger partial charge in [0, 0.05) is 16.8 Å². The molecule has 104 valence electrons. The number of benzene rings is 1. The maximum atomic E-state index is 11.8. The smallest absolute Gasteiger partial charge is 0.244 e. The lowest BCUT2D eigenvalue weighted by Gasteiger charge is -2.10. The van der Waals surface area contributed by atoms with Gasteiger partial charge in [-0.25, -0.2) is 4.98 Å². The first-order valence-corrected chi connectivity index (χ1v) is 7.33. The molecule has 6 heteroatoms. The SMILES string of the molecule is Cc1csc(Nc2ccc(NC(=O)C3(N)CC3)cc2)n1. The molecule has 0 unspecified atom stereocenters. The van der Waals surface area contributed by atoms with Crippen molar-refractivity contribution < 1.29 is 4.79 Å². The van der Waals surface area contributed by atoms with Gasteiger partial charge in [-0.05, 0) is 44.0 Å². The number of nitrogens with one attached hydrogen (secondary N) is 2. The van der Waals surface area contributed by atoms with Crippen LogP contribution in [0.5, 0.6) is 0 Å². The van der Waals surface area contributed by atoms with Gasteiger partial charge >= 0.3 is 0 Å². The fourth-order valence-electron chi connectivity index (χ4n) is 1.79. The lowest BCUT2D eigenvalue weighted by Crippen LogP contribution is -2.37. The molecule has 1 aliphatic rings. The van der Waals surface area contributed by atoms with E-state index >= 15 is 0 Å². The molecule has 20 heavy (non-hydrogen) atoms. The summed E-state index contributed by atoms with van der Waals surface area (Å²) < 4.78 is 0. The molecule has 5 nitrogen and oxygen atoms in total. The number of carbonyl (C=O) groups excluding carboxylic acids is 1. The predicted molar refractivity (Wildman–Crippen MR) is 81.4 cm³/mol. The Morgan fingerprint density at radius 1 is 1.30 bits per heavy atom. The summed E-state index contributed by atoms with van der Waals surface area (Å²) in [4.78, 5) is 16.2. The fourth-order valence-corrected chi connectivity index (χ4v) is 2.50. The standard InChI is InChI=1S/C14H16N4OS/c1-9-8-20-13(16-9)18-11-4-2-10(3-5-11)17-12(19)14(15)6-7-14/h2-5,8H,6-7,15H2,1H3,(H,16,18)(H,17,19). The van der Waals surface area contributed by atoms with Crippen LogP contribution < -0.4 is 16.4 Å². The average Bonchev–Trinajstić information content (AvgIpc) is 3.05. The zero-order valence-electron chi connectivity index (χ0n) is 11.1. The van der Waals surface area contributed by atoms with Crippen LogP contribution in [0.15, 0.2) is 29.6 Å². The van der Waals surface area contributed by atoms with Gasteiger partial charge in [-0.1, -0.05) is 0 Å². The van der Waals surface area contributed by atoms with Crippen molar-refractivity contribution in [1.29, 1.82) is 0 Å². The first-order valence-electron chi connectivity index (χ1n) is 6.45. The van der Waals surface area contributed by atoms with E-state index in [1.165, 1.54) is 0 Å². The van der Waals surface area contributed by atoms with Crippen molar-refractivity contribution in [2.75, 3.05) is 10.6 Å². The van der Waals surface area contributed by atoms with Gasteiger partial charge in [-0.15, -0.1) is 11.3 Å². The van der Waals surface area contributed by atoms with Crippen molar-refractivity contribution in [2.45, 2.75) is 25.3 Å². The Balaban J connectivity index is 1.64. The van der Waals surface area contributed by atoms with E-state index in [0.29, 0.717) is 0 Å². The summed E-state index contributed by atoms with van der Waals surface area (Å²) in [5.74, 6) is -0.103. The first-order chi connectivity index (χ1) is 9.55. The van der Waals surface area contributed by atoms with Crippen molar-refractivity contribution in [3.8, 4) is 0 Å². The van der Waals surface area contributed by atoms with Crippen molar-refractivity contribution in [3.63, 3.8) is 0 Å². The summed E-state index contributed by atoms with van der Waals surface area (Å²) in [6.45, 7) is 1.96. The van der Waals surface area contributed by atoms with Gasteiger partial charge in [-0.3, -0.25) is 4.79 Å². The Morgan fingerprint density at radius 2 is 1.95 bits per heavy atom. The molecule has 0 radical (unpaired) electrons. The van der Waals surface area contributed by atoms with Gasteiger partial charge in [-0.2, -0.15) is 0 Å². The highest BCUT2D eigenvalue weighted by Crippen LogP contribution is 2.33. The highest BCUT2D eigenvalue weighted by Gasteiger charge is 2.45. The highest BCUT2D eigenvalue weighted by atomic mass is 32.1. The van der Waals surface area contributed by atoms with E-state index in [1.807, 2.05) is 36.6 Å². The lowest BCUT2D eigenvalue weighted by atomic mass is 10.2. The van der Waals surface area contributed by atoms with Gasteiger partial charge in [0.1, 0.15) is 0 Å². The topological polar surface area (TPSA) is 80.0 Å². The minimum atomic E-state index is -0.644. The Bertz CT molecular complexity index is 631. The monoisotopic (exact) mass is 288 g/mol. The number of amides is 1. The van der Waals surface area contributed by atoms with E-state index in [4.69, 9.17) is 5.73 Å². The zero-order valence-corrected chi connectivity index (χ0v) is 12.0. The number of aromatic nitrogens is 1. The molecule has 0 aliphatic heterocycles. The van der Waals surface area contributed by atoms with E-state index < -0.39 is 5.54 Å². The average molecular weight is 288 g/mol. The Labute approximate surface area is 121 Å². The van der Waals surface area contributed by atoms with E-state index in [-0.39, 0.29) is 5.91 Å². The third-order valence-corrected chi connectivity index (χ3v) is 4.13. The van der Waals surface area contributed by atoms with E-state index in [2.05, 4.69) is 15.6 Å². The number of carbonyl (C=O) groups is 1. The van der Waals surface area contributed by atoms with Crippen LogP contribution in [0.3, 0.4) is 0 Å². The summed E-state index contributed by atoms with van der Waals surface area (Å²) in [5.41, 5.74) is 7.89. The number of hydrogen-bond acceptors (Lipinski definition) is 5. The van der Waals surface area contributed by atoms with E-state index in [1.54, 1.807) is 11.3 Å². The third-order valence-electron chi connectivity index (χ3n) is 3.25. The van der Waals surface area contributed by atoms with Crippen LogP contribution in [0, 0.1) is 6.92 Å².